The SMILES string of the molecule is COP(=O)(O)OCCCCCCNC(=O)COCCOCCNC(C)=O. The minimum absolute atomic E-state index is 0.0221. The van der Waals surface area contributed by atoms with Crippen LogP contribution in [0.2, 0.25) is 0 Å². The molecule has 0 fully saturated rings. The van der Waals surface area contributed by atoms with E-state index in [0.717, 1.165) is 26.4 Å². The average Bonchev–Trinajstić information content (AvgIpc) is 2.59. The highest BCUT2D eigenvalue weighted by atomic mass is 31.2. The van der Waals surface area contributed by atoms with Crippen molar-refractivity contribution < 1.29 is 37.6 Å². The predicted molar refractivity (Wildman–Crippen MR) is 94.6 cm³/mol. The molecule has 0 rings (SSSR count). The summed E-state index contributed by atoms with van der Waals surface area (Å²) in [5.41, 5.74) is 0. The van der Waals surface area contributed by atoms with Crippen molar-refractivity contribution in [3.63, 3.8) is 0 Å². The molecule has 0 aliphatic carbocycles. The second-order valence-electron chi connectivity index (χ2n) is 5.40. The first kappa shape index (κ1) is 25.0. The van der Waals surface area contributed by atoms with Crippen molar-refractivity contribution in [3.05, 3.63) is 0 Å². The molecule has 0 heterocycles. The zero-order valence-corrected chi connectivity index (χ0v) is 16.4. The molecule has 1 atom stereocenters. The highest BCUT2D eigenvalue weighted by molar-refractivity contribution is 7.47. The first-order valence-electron chi connectivity index (χ1n) is 8.57. The summed E-state index contributed by atoms with van der Waals surface area (Å²) in [7, 11) is -2.75. The van der Waals surface area contributed by atoms with Crippen LogP contribution in [0, 0.1) is 0 Å². The number of ether oxygens (including phenoxy) is 2. The third kappa shape index (κ3) is 17.8. The van der Waals surface area contributed by atoms with E-state index in [-0.39, 0.29) is 25.0 Å². The molecule has 0 aliphatic heterocycles. The van der Waals surface area contributed by atoms with E-state index in [4.69, 9.17) is 18.9 Å². The van der Waals surface area contributed by atoms with Crippen molar-refractivity contribution in [1.29, 1.82) is 0 Å². The van der Waals surface area contributed by atoms with Crippen LogP contribution >= 0.6 is 7.82 Å². The largest absolute Gasteiger partial charge is 0.471 e. The summed E-state index contributed by atoms with van der Waals surface area (Å²) < 4.78 is 30.4. The van der Waals surface area contributed by atoms with Crippen LogP contribution in [0.4, 0.5) is 0 Å². The van der Waals surface area contributed by atoms with Gasteiger partial charge < -0.3 is 25.0 Å². The van der Waals surface area contributed by atoms with Crippen LogP contribution in [0.1, 0.15) is 32.6 Å². The van der Waals surface area contributed by atoms with Crippen molar-refractivity contribution in [2.24, 2.45) is 0 Å². The second kappa shape index (κ2) is 16.2. The Morgan fingerprint density at radius 2 is 1.62 bits per heavy atom. The molecule has 0 aliphatic rings. The van der Waals surface area contributed by atoms with E-state index in [1.165, 1.54) is 6.92 Å². The number of phosphoric ester groups is 1. The minimum atomic E-state index is -3.87. The molecular weight excluding hydrogens is 367 g/mol. The Morgan fingerprint density at radius 1 is 0.923 bits per heavy atom. The third-order valence-corrected chi connectivity index (χ3v) is 4.07. The van der Waals surface area contributed by atoms with Crippen LogP contribution in [0.5, 0.6) is 0 Å². The van der Waals surface area contributed by atoms with E-state index >= 15 is 0 Å². The predicted octanol–water partition coefficient (Wildman–Crippen LogP) is 0.596. The maximum atomic E-state index is 11.5. The van der Waals surface area contributed by atoms with Crippen LogP contribution in [0.3, 0.4) is 0 Å². The maximum Gasteiger partial charge on any atom is 0.471 e. The fourth-order valence-electron chi connectivity index (χ4n) is 1.78. The van der Waals surface area contributed by atoms with Gasteiger partial charge in [-0.15, -0.1) is 0 Å². The smallest absolute Gasteiger partial charge is 0.377 e. The molecule has 0 aromatic rings. The highest BCUT2D eigenvalue weighted by Gasteiger charge is 2.17. The summed E-state index contributed by atoms with van der Waals surface area (Å²) in [6, 6.07) is 0. The summed E-state index contributed by atoms with van der Waals surface area (Å²) in [5.74, 6) is -0.287. The van der Waals surface area contributed by atoms with Gasteiger partial charge >= 0.3 is 7.82 Å². The number of hydrogen-bond acceptors (Lipinski definition) is 7. The van der Waals surface area contributed by atoms with Crippen molar-refractivity contribution in [2.45, 2.75) is 32.6 Å². The molecule has 0 saturated carbocycles. The van der Waals surface area contributed by atoms with Gasteiger partial charge in [-0.1, -0.05) is 12.8 Å². The van der Waals surface area contributed by atoms with E-state index < -0.39 is 7.82 Å². The fourth-order valence-corrected chi connectivity index (χ4v) is 2.24. The summed E-state index contributed by atoms with van der Waals surface area (Å²) in [5, 5.41) is 5.35. The summed E-state index contributed by atoms with van der Waals surface area (Å²) in [6.45, 7) is 3.65. The molecule has 0 saturated heterocycles. The van der Waals surface area contributed by atoms with Gasteiger partial charge in [0.05, 0.1) is 26.4 Å². The molecule has 0 bridgehead atoms. The second-order valence-corrected chi connectivity index (χ2v) is 6.96. The van der Waals surface area contributed by atoms with Crippen LogP contribution in [-0.2, 0) is 32.7 Å². The van der Waals surface area contributed by atoms with Crippen LogP contribution in [-0.4, -0.2) is 69.9 Å². The number of hydrogen-bond donors (Lipinski definition) is 3. The van der Waals surface area contributed by atoms with Crippen LogP contribution < -0.4 is 10.6 Å². The Balaban J connectivity index is 3.29. The highest BCUT2D eigenvalue weighted by Crippen LogP contribution is 2.41. The van der Waals surface area contributed by atoms with Gasteiger partial charge in [-0.3, -0.25) is 18.6 Å². The van der Waals surface area contributed by atoms with Crippen molar-refractivity contribution in [1.82, 2.24) is 10.6 Å². The molecule has 26 heavy (non-hydrogen) atoms. The number of amides is 2. The lowest BCUT2D eigenvalue weighted by Gasteiger charge is -2.09. The van der Waals surface area contributed by atoms with Crippen molar-refractivity contribution >= 4 is 19.6 Å². The molecule has 3 N–H and O–H groups in total. The number of carbonyl (C=O) groups excluding carboxylic acids is 2. The number of unbranched alkanes of at least 4 members (excludes halogenated alkanes) is 3. The van der Waals surface area contributed by atoms with Gasteiger partial charge in [-0.05, 0) is 12.8 Å². The summed E-state index contributed by atoms with van der Waals surface area (Å²) in [4.78, 5) is 31.1. The molecular formula is C15H31N2O8P. The van der Waals surface area contributed by atoms with E-state index in [0.29, 0.717) is 39.3 Å². The minimum Gasteiger partial charge on any atom is -0.377 e. The molecule has 0 aromatic heterocycles. The lowest BCUT2D eigenvalue weighted by Crippen LogP contribution is -2.29. The van der Waals surface area contributed by atoms with Gasteiger partial charge in [0, 0.05) is 27.1 Å². The fraction of sp³-hybridized carbons (Fsp3) is 0.867. The Morgan fingerprint density at radius 3 is 2.31 bits per heavy atom. The Kier molecular flexibility index (Phi) is 15.5. The molecule has 10 nitrogen and oxygen atoms in total. The van der Waals surface area contributed by atoms with Crippen LogP contribution in [0.15, 0.2) is 0 Å². The lowest BCUT2D eigenvalue weighted by atomic mass is 10.2. The Hall–Kier alpha value is -1.03. The average molecular weight is 398 g/mol. The number of rotatable bonds is 17. The first-order chi connectivity index (χ1) is 12.4. The molecule has 2 amide bonds. The van der Waals surface area contributed by atoms with E-state index in [9.17, 15) is 14.2 Å². The molecule has 0 spiro atoms. The van der Waals surface area contributed by atoms with E-state index in [1.807, 2.05) is 0 Å². The maximum absolute atomic E-state index is 11.5. The molecule has 1 unspecified atom stereocenters. The molecule has 0 aromatic carbocycles. The van der Waals surface area contributed by atoms with Gasteiger partial charge in [0.1, 0.15) is 6.61 Å². The number of carbonyl (C=O) groups is 2. The van der Waals surface area contributed by atoms with E-state index in [1.54, 1.807) is 0 Å². The van der Waals surface area contributed by atoms with Gasteiger partial charge in [0.15, 0.2) is 0 Å². The van der Waals surface area contributed by atoms with Gasteiger partial charge in [-0.2, -0.15) is 0 Å². The monoisotopic (exact) mass is 398 g/mol. The zero-order chi connectivity index (χ0) is 19.7. The Labute approximate surface area is 154 Å². The summed E-state index contributed by atoms with van der Waals surface area (Å²) in [6.07, 6.45) is 3.15. The molecule has 154 valence electrons. The van der Waals surface area contributed by atoms with Crippen molar-refractivity contribution in [3.8, 4) is 0 Å². The zero-order valence-electron chi connectivity index (χ0n) is 15.5. The normalized spacial score (nSPS) is 13.2. The lowest BCUT2D eigenvalue weighted by molar-refractivity contribution is -0.126. The quantitative estimate of drug-likeness (QED) is 0.240. The van der Waals surface area contributed by atoms with Gasteiger partial charge in [-0.25, -0.2) is 4.57 Å². The van der Waals surface area contributed by atoms with Crippen molar-refractivity contribution in [2.75, 3.05) is 53.2 Å². The summed E-state index contributed by atoms with van der Waals surface area (Å²) >= 11 is 0. The first-order valence-corrected chi connectivity index (χ1v) is 10.1. The van der Waals surface area contributed by atoms with Gasteiger partial charge in [0.2, 0.25) is 11.8 Å². The number of nitrogens with one attached hydrogen (secondary N) is 2. The molecule has 0 radical (unpaired) electrons. The third-order valence-electron chi connectivity index (χ3n) is 3.10. The van der Waals surface area contributed by atoms with Gasteiger partial charge in [0.25, 0.3) is 0 Å². The van der Waals surface area contributed by atoms with Crippen LogP contribution in [0.25, 0.3) is 0 Å². The van der Waals surface area contributed by atoms with E-state index in [2.05, 4.69) is 15.2 Å². The topological polar surface area (TPSA) is 132 Å². The number of phosphoric acid groups is 1. The molecule has 11 heteroatoms. The standard InChI is InChI=1S/C15H31N2O8P/c1-14(18)16-8-10-23-11-12-24-13-15(19)17-7-5-3-4-6-9-25-26(20,21)22-2/h3-13H2,1-2H3,(H,16,18)(H,17,19)(H,20,21). The Bertz CT molecular complexity index is 436.